The summed E-state index contributed by atoms with van der Waals surface area (Å²) in [5.41, 5.74) is 2.57. The van der Waals surface area contributed by atoms with Crippen molar-refractivity contribution in [1.82, 2.24) is 24.5 Å². The molecule has 0 fully saturated rings. The molecule has 5 aromatic rings. The molecular weight excluding hydrogens is 436 g/mol. The lowest BCUT2D eigenvalue weighted by Gasteiger charge is -2.10. The quantitative estimate of drug-likeness (QED) is 0.355. The van der Waals surface area contributed by atoms with Gasteiger partial charge in [-0.15, -0.1) is 10.2 Å². The highest BCUT2D eigenvalue weighted by Crippen LogP contribution is 2.28. The largest absolute Gasteiger partial charge is 0.461 e. The first-order valence-electron chi connectivity index (χ1n) is 10.3. The van der Waals surface area contributed by atoms with Crippen LogP contribution in [0, 0.1) is 6.92 Å². The highest BCUT2D eigenvalue weighted by Gasteiger charge is 2.19. The maximum absolute atomic E-state index is 12.8. The van der Waals surface area contributed by atoms with Crippen molar-refractivity contribution in [2.75, 3.05) is 11.1 Å². The average Bonchev–Trinajstić information content (AvgIpc) is 3.58. The van der Waals surface area contributed by atoms with Gasteiger partial charge in [0.1, 0.15) is 5.82 Å². The first-order valence-corrected chi connectivity index (χ1v) is 11.3. The zero-order chi connectivity index (χ0) is 22.6. The number of benzene rings is 2. The van der Waals surface area contributed by atoms with Gasteiger partial charge in [-0.1, -0.05) is 48.2 Å². The van der Waals surface area contributed by atoms with Gasteiger partial charge < -0.3 is 9.73 Å². The molecule has 3 heterocycles. The molecule has 164 valence electrons. The van der Waals surface area contributed by atoms with Crippen LogP contribution in [0.1, 0.15) is 5.69 Å². The molecule has 1 N–H and O–H groups in total. The van der Waals surface area contributed by atoms with E-state index in [0.29, 0.717) is 22.6 Å². The lowest BCUT2D eigenvalue weighted by molar-refractivity contribution is -0.113. The van der Waals surface area contributed by atoms with E-state index in [0.717, 1.165) is 17.1 Å². The molecule has 9 heteroatoms. The Kier molecular flexibility index (Phi) is 5.77. The highest BCUT2D eigenvalue weighted by molar-refractivity contribution is 7.99. The number of aryl methyl sites for hydroxylation is 1. The maximum Gasteiger partial charge on any atom is 0.236 e. The third-order valence-corrected chi connectivity index (χ3v) is 5.75. The molecule has 0 saturated carbocycles. The molecule has 8 nitrogen and oxygen atoms in total. The Balaban J connectivity index is 1.36. The van der Waals surface area contributed by atoms with Crippen LogP contribution in [-0.4, -0.2) is 36.2 Å². The second kappa shape index (κ2) is 9.17. The predicted molar refractivity (Wildman–Crippen MR) is 127 cm³/mol. The molecule has 0 bridgehead atoms. The zero-order valence-corrected chi connectivity index (χ0v) is 18.6. The van der Waals surface area contributed by atoms with E-state index in [-0.39, 0.29) is 11.7 Å². The van der Waals surface area contributed by atoms with Crippen molar-refractivity contribution in [3.63, 3.8) is 0 Å². The Hall–Kier alpha value is -4.11. The van der Waals surface area contributed by atoms with Crippen LogP contribution in [0.15, 0.2) is 94.7 Å². The average molecular weight is 457 g/mol. The standard InChI is InChI=1S/C24H20N6O2S/c1-17-15-21(30(28-17)19-11-6-3-7-12-19)25-22(31)16-33-24-27-26-23(20-13-8-14-32-20)29(24)18-9-4-2-5-10-18/h2-15H,16H2,1H3,(H,25,31). The number of furan rings is 1. The van der Waals surface area contributed by atoms with E-state index in [1.165, 1.54) is 11.8 Å². The maximum atomic E-state index is 12.8. The van der Waals surface area contributed by atoms with Crippen molar-refractivity contribution in [3.8, 4) is 23.0 Å². The van der Waals surface area contributed by atoms with Gasteiger partial charge in [0.2, 0.25) is 11.7 Å². The molecule has 2 aromatic carbocycles. The Labute approximate surface area is 194 Å². The number of carbonyl (C=O) groups is 1. The van der Waals surface area contributed by atoms with Gasteiger partial charge in [-0.3, -0.25) is 9.36 Å². The third kappa shape index (κ3) is 4.44. The van der Waals surface area contributed by atoms with Gasteiger partial charge in [0.15, 0.2) is 10.9 Å². The molecule has 0 unspecified atom stereocenters. The number of aromatic nitrogens is 5. The summed E-state index contributed by atoms with van der Waals surface area (Å²) in [5, 5.41) is 16.7. The summed E-state index contributed by atoms with van der Waals surface area (Å²) in [7, 11) is 0. The number of para-hydroxylation sites is 2. The zero-order valence-electron chi connectivity index (χ0n) is 17.8. The number of rotatable bonds is 7. The predicted octanol–water partition coefficient (Wildman–Crippen LogP) is 4.75. The van der Waals surface area contributed by atoms with Gasteiger partial charge >= 0.3 is 0 Å². The van der Waals surface area contributed by atoms with Crippen molar-refractivity contribution >= 4 is 23.5 Å². The molecule has 0 atom stereocenters. The van der Waals surface area contributed by atoms with Crippen LogP contribution in [0.2, 0.25) is 0 Å². The summed E-state index contributed by atoms with van der Waals surface area (Å²) < 4.78 is 9.14. The number of hydrogen-bond donors (Lipinski definition) is 1. The second-order valence-corrected chi connectivity index (χ2v) is 8.15. The van der Waals surface area contributed by atoms with E-state index in [1.807, 2.05) is 84.3 Å². The molecule has 5 rings (SSSR count). The number of amides is 1. The van der Waals surface area contributed by atoms with Crippen molar-refractivity contribution in [3.05, 3.63) is 90.8 Å². The lowest BCUT2D eigenvalue weighted by Crippen LogP contribution is -2.17. The van der Waals surface area contributed by atoms with E-state index in [9.17, 15) is 4.79 Å². The number of nitrogens with zero attached hydrogens (tertiary/aromatic N) is 5. The van der Waals surface area contributed by atoms with Crippen LogP contribution in [0.25, 0.3) is 23.0 Å². The number of anilines is 1. The molecular formula is C24H20N6O2S. The van der Waals surface area contributed by atoms with E-state index in [1.54, 1.807) is 17.0 Å². The van der Waals surface area contributed by atoms with Gasteiger partial charge in [0.05, 0.1) is 23.4 Å². The van der Waals surface area contributed by atoms with E-state index in [2.05, 4.69) is 20.6 Å². The minimum absolute atomic E-state index is 0.155. The van der Waals surface area contributed by atoms with Crippen molar-refractivity contribution in [2.24, 2.45) is 0 Å². The van der Waals surface area contributed by atoms with E-state index in [4.69, 9.17) is 4.42 Å². The van der Waals surface area contributed by atoms with Gasteiger partial charge in [0, 0.05) is 11.8 Å². The Morgan fingerprint density at radius 2 is 1.70 bits per heavy atom. The van der Waals surface area contributed by atoms with Gasteiger partial charge in [-0.05, 0) is 43.3 Å². The second-order valence-electron chi connectivity index (χ2n) is 7.21. The smallest absolute Gasteiger partial charge is 0.236 e. The Morgan fingerprint density at radius 1 is 0.970 bits per heavy atom. The van der Waals surface area contributed by atoms with E-state index < -0.39 is 0 Å². The Bertz CT molecular complexity index is 1360. The number of hydrogen-bond acceptors (Lipinski definition) is 6. The molecule has 33 heavy (non-hydrogen) atoms. The molecule has 1 amide bonds. The summed E-state index contributed by atoms with van der Waals surface area (Å²) in [6.07, 6.45) is 1.59. The first kappa shape index (κ1) is 20.8. The van der Waals surface area contributed by atoms with Gasteiger partial charge in [-0.2, -0.15) is 5.10 Å². The summed E-state index contributed by atoms with van der Waals surface area (Å²) in [6, 6.07) is 24.9. The molecule has 0 radical (unpaired) electrons. The van der Waals surface area contributed by atoms with Crippen LogP contribution in [-0.2, 0) is 4.79 Å². The summed E-state index contributed by atoms with van der Waals surface area (Å²) in [4.78, 5) is 12.8. The molecule has 0 aliphatic carbocycles. The lowest BCUT2D eigenvalue weighted by atomic mass is 10.3. The number of thioether (sulfide) groups is 1. The number of carbonyl (C=O) groups excluding carboxylic acids is 1. The minimum Gasteiger partial charge on any atom is -0.461 e. The van der Waals surface area contributed by atoms with Gasteiger partial charge in [-0.25, -0.2) is 4.68 Å². The topological polar surface area (TPSA) is 90.8 Å². The number of nitrogens with one attached hydrogen (secondary N) is 1. The Morgan fingerprint density at radius 3 is 2.39 bits per heavy atom. The third-order valence-electron chi connectivity index (χ3n) is 4.82. The van der Waals surface area contributed by atoms with Gasteiger partial charge in [0.25, 0.3) is 0 Å². The van der Waals surface area contributed by atoms with E-state index >= 15 is 0 Å². The van der Waals surface area contributed by atoms with Crippen LogP contribution in [0.5, 0.6) is 0 Å². The van der Waals surface area contributed by atoms with Crippen LogP contribution >= 0.6 is 11.8 Å². The fourth-order valence-electron chi connectivity index (χ4n) is 3.40. The fraction of sp³-hybridized carbons (Fsp3) is 0.0833. The molecule has 0 saturated heterocycles. The molecule has 3 aromatic heterocycles. The van der Waals surface area contributed by atoms with Crippen molar-refractivity contribution < 1.29 is 9.21 Å². The molecule has 0 aliphatic rings. The van der Waals surface area contributed by atoms with Crippen LogP contribution < -0.4 is 5.32 Å². The summed E-state index contributed by atoms with van der Waals surface area (Å²) in [5.74, 6) is 1.78. The normalized spacial score (nSPS) is 10.9. The van der Waals surface area contributed by atoms with Crippen LogP contribution in [0.4, 0.5) is 5.82 Å². The van der Waals surface area contributed by atoms with Crippen molar-refractivity contribution in [2.45, 2.75) is 12.1 Å². The summed E-state index contributed by atoms with van der Waals surface area (Å²) in [6.45, 7) is 1.89. The highest BCUT2D eigenvalue weighted by atomic mass is 32.2. The first-order chi connectivity index (χ1) is 16.2. The minimum atomic E-state index is -0.167. The SMILES string of the molecule is Cc1cc(NC(=O)CSc2nnc(-c3ccco3)n2-c2ccccc2)n(-c2ccccc2)n1. The molecule has 0 spiro atoms. The summed E-state index contributed by atoms with van der Waals surface area (Å²) >= 11 is 1.30. The van der Waals surface area contributed by atoms with Crippen LogP contribution in [0.3, 0.4) is 0 Å². The fourth-order valence-corrected chi connectivity index (χ4v) is 4.15. The monoisotopic (exact) mass is 456 g/mol. The van der Waals surface area contributed by atoms with Crippen molar-refractivity contribution in [1.29, 1.82) is 0 Å². The molecule has 0 aliphatic heterocycles.